The van der Waals surface area contributed by atoms with Crippen molar-refractivity contribution in [1.29, 1.82) is 0 Å². The molecule has 0 aliphatic rings. The third-order valence-electron chi connectivity index (χ3n) is 2.91. The second-order valence-electron chi connectivity index (χ2n) is 6.11. The van der Waals surface area contributed by atoms with Gasteiger partial charge in [-0.1, -0.05) is 17.2 Å². The maximum absolute atomic E-state index is 5.57. The summed E-state index contributed by atoms with van der Waals surface area (Å²) in [5.41, 5.74) is 4.60. The third kappa shape index (κ3) is 3.67. The minimum absolute atomic E-state index is 0.0682. The van der Waals surface area contributed by atoms with Gasteiger partial charge in [0.05, 0.1) is 0 Å². The molecule has 0 bridgehead atoms. The van der Waals surface area contributed by atoms with Crippen molar-refractivity contribution in [3.8, 4) is 11.3 Å². The summed E-state index contributed by atoms with van der Waals surface area (Å²) >= 11 is 0. The van der Waals surface area contributed by atoms with Gasteiger partial charge in [-0.2, -0.15) is 0 Å². The van der Waals surface area contributed by atoms with Gasteiger partial charge in [-0.3, -0.25) is 0 Å². The number of hydrogen-bond donors (Lipinski definition) is 1. The van der Waals surface area contributed by atoms with Crippen molar-refractivity contribution in [2.24, 2.45) is 0 Å². The highest BCUT2D eigenvalue weighted by Gasteiger charge is 2.15. The summed E-state index contributed by atoms with van der Waals surface area (Å²) < 4.78 is 5.57. The molecule has 19 heavy (non-hydrogen) atoms. The Labute approximate surface area is 115 Å². The van der Waals surface area contributed by atoms with Crippen molar-refractivity contribution >= 4 is 0 Å². The van der Waals surface area contributed by atoms with E-state index in [-0.39, 0.29) is 5.54 Å². The molecule has 2 rings (SSSR count). The lowest BCUT2D eigenvalue weighted by Crippen LogP contribution is -2.35. The molecule has 1 aromatic heterocycles. The Morgan fingerprint density at radius 3 is 2.32 bits per heavy atom. The highest BCUT2D eigenvalue weighted by atomic mass is 16.3. The fraction of sp³-hybridized carbons (Fsp3) is 0.438. The van der Waals surface area contributed by atoms with Crippen LogP contribution in [-0.4, -0.2) is 10.5 Å². The van der Waals surface area contributed by atoms with E-state index in [0.29, 0.717) is 6.54 Å². The van der Waals surface area contributed by atoms with Gasteiger partial charge in [0, 0.05) is 17.6 Å². The predicted molar refractivity (Wildman–Crippen MR) is 78.0 cm³/mol. The Kier molecular flexibility index (Phi) is 3.76. The van der Waals surface area contributed by atoms with Gasteiger partial charge in [-0.15, -0.1) is 0 Å². The monoisotopic (exact) mass is 258 g/mol. The molecule has 1 heterocycles. The average Bonchev–Trinajstić information content (AvgIpc) is 2.72. The second-order valence-corrected chi connectivity index (χ2v) is 6.11. The van der Waals surface area contributed by atoms with E-state index in [1.165, 1.54) is 17.5 Å². The van der Waals surface area contributed by atoms with Crippen LogP contribution in [0.1, 0.15) is 37.6 Å². The van der Waals surface area contributed by atoms with Crippen molar-refractivity contribution in [2.75, 3.05) is 0 Å². The Morgan fingerprint density at radius 2 is 1.74 bits per heavy atom. The van der Waals surface area contributed by atoms with Crippen LogP contribution in [0.4, 0.5) is 0 Å². The Hall–Kier alpha value is -1.61. The molecule has 0 saturated carbocycles. The normalized spacial score (nSPS) is 11.8. The van der Waals surface area contributed by atoms with Crippen molar-refractivity contribution in [3.05, 3.63) is 41.4 Å². The molecular weight excluding hydrogens is 236 g/mol. The number of aromatic nitrogens is 1. The minimum Gasteiger partial charge on any atom is -0.443 e. The lowest BCUT2D eigenvalue weighted by Gasteiger charge is -2.19. The summed E-state index contributed by atoms with van der Waals surface area (Å²) in [7, 11) is 0. The number of aryl methyl sites for hydroxylation is 2. The maximum Gasteiger partial charge on any atom is 0.181 e. The number of hydrogen-bond acceptors (Lipinski definition) is 3. The van der Waals surface area contributed by atoms with Crippen molar-refractivity contribution in [2.45, 2.75) is 46.7 Å². The quantitative estimate of drug-likeness (QED) is 0.908. The SMILES string of the molecule is Cc1cc(C)cc(-c2ocnc2CNC(C)(C)C)c1. The largest absolute Gasteiger partial charge is 0.443 e. The number of oxazole rings is 1. The molecule has 0 unspecified atom stereocenters. The molecule has 0 atom stereocenters. The number of benzene rings is 1. The van der Waals surface area contributed by atoms with E-state index in [2.05, 4.69) is 63.1 Å². The molecule has 102 valence electrons. The molecule has 0 amide bonds. The van der Waals surface area contributed by atoms with Gasteiger partial charge >= 0.3 is 0 Å². The van der Waals surface area contributed by atoms with Crippen molar-refractivity contribution in [1.82, 2.24) is 10.3 Å². The van der Waals surface area contributed by atoms with Gasteiger partial charge in [0.15, 0.2) is 12.2 Å². The van der Waals surface area contributed by atoms with Gasteiger partial charge in [0.1, 0.15) is 5.69 Å². The van der Waals surface area contributed by atoms with Gasteiger partial charge in [0.2, 0.25) is 0 Å². The smallest absolute Gasteiger partial charge is 0.181 e. The lowest BCUT2D eigenvalue weighted by molar-refractivity contribution is 0.421. The van der Waals surface area contributed by atoms with E-state index < -0.39 is 0 Å². The molecule has 1 N–H and O–H groups in total. The molecule has 0 aliphatic heterocycles. The summed E-state index contributed by atoms with van der Waals surface area (Å²) in [6.45, 7) is 11.3. The first-order chi connectivity index (χ1) is 8.85. The topological polar surface area (TPSA) is 38.1 Å². The summed E-state index contributed by atoms with van der Waals surface area (Å²) in [6, 6.07) is 6.43. The Morgan fingerprint density at radius 1 is 1.11 bits per heavy atom. The number of nitrogens with one attached hydrogen (secondary N) is 1. The van der Waals surface area contributed by atoms with E-state index in [9.17, 15) is 0 Å². The highest BCUT2D eigenvalue weighted by molar-refractivity contribution is 5.61. The average molecular weight is 258 g/mol. The summed E-state index contributed by atoms with van der Waals surface area (Å²) in [4.78, 5) is 4.33. The molecule has 0 radical (unpaired) electrons. The minimum atomic E-state index is 0.0682. The van der Waals surface area contributed by atoms with Gasteiger partial charge < -0.3 is 9.73 Å². The van der Waals surface area contributed by atoms with Crippen molar-refractivity contribution < 1.29 is 4.42 Å². The third-order valence-corrected chi connectivity index (χ3v) is 2.91. The van der Waals surface area contributed by atoms with Crippen molar-refractivity contribution in [3.63, 3.8) is 0 Å². The fourth-order valence-electron chi connectivity index (χ4n) is 2.08. The van der Waals surface area contributed by atoms with E-state index in [1.54, 1.807) is 0 Å². The van der Waals surface area contributed by atoms with E-state index >= 15 is 0 Å². The summed E-state index contributed by atoms with van der Waals surface area (Å²) in [6.07, 6.45) is 1.52. The first kappa shape index (κ1) is 13.8. The van der Waals surface area contributed by atoms with Crippen LogP contribution in [0.2, 0.25) is 0 Å². The van der Waals surface area contributed by atoms with Crippen LogP contribution in [0.15, 0.2) is 29.0 Å². The Balaban J connectivity index is 2.28. The van der Waals surface area contributed by atoms with Crippen LogP contribution in [0.3, 0.4) is 0 Å². The van der Waals surface area contributed by atoms with Crippen LogP contribution in [-0.2, 0) is 6.54 Å². The molecule has 1 aromatic carbocycles. The van der Waals surface area contributed by atoms with Crippen LogP contribution in [0.25, 0.3) is 11.3 Å². The number of nitrogens with zero attached hydrogens (tertiary/aromatic N) is 1. The molecule has 0 spiro atoms. The van der Waals surface area contributed by atoms with Gasteiger partial charge in [0.25, 0.3) is 0 Å². The second kappa shape index (κ2) is 5.17. The first-order valence-corrected chi connectivity index (χ1v) is 6.61. The summed E-state index contributed by atoms with van der Waals surface area (Å²) in [5, 5.41) is 3.44. The molecule has 3 heteroatoms. The highest BCUT2D eigenvalue weighted by Crippen LogP contribution is 2.25. The standard InChI is InChI=1S/C16H22N2O/c1-11-6-12(2)8-13(7-11)15-14(17-10-19-15)9-18-16(3,4)5/h6-8,10,18H,9H2,1-5H3. The molecular formula is C16H22N2O. The zero-order valence-corrected chi connectivity index (χ0v) is 12.4. The predicted octanol–water partition coefficient (Wildman–Crippen LogP) is 3.85. The lowest BCUT2D eigenvalue weighted by atomic mass is 10.0. The molecule has 3 nitrogen and oxygen atoms in total. The van der Waals surface area contributed by atoms with Crippen LogP contribution in [0.5, 0.6) is 0 Å². The van der Waals surface area contributed by atoms with E-state index in [0.717, 1.165) is 17.0 Å². The fourth-order valence-corrected chi connectivity index (χ4v) is 2.08. The zero-order valence-electron chi connectivity index (χ0n) is 12.4. The first-order valence-electron chi connectivity index (χ1n) is 6.61. The summed E-state index contributed by atoms with van der Waals surface area (Å²) in [5.74, 6) is 0.864. The molecule has 0 aliphatic carbocycles. The molecule has 2 aromatic rings. The zero-order chi connectivity index (χ0) is 14.0. The van der Waals surface area contributed by atoms with Crippen LogP contribution >= 0.6 is 0 Å². The van der Waals surface area contributed by atoms with Gasteiger partial charge in [-0.25, -0.2) is 4.98 Å². The van der Waals surface area contributed by atoms with Gasteiger partial charge in [-0.05, 0) is 46.8 Å². The Bertz CT molecular complexity index is 544. The van der Waals surface area contributed by atoms with Crippen LogP contribution < -0.4 is 5.32 Å². The van der Waals surface area contributed by atoms with Crippen LogP contribution in [0, 0.1) is 13.8 Å². The van der Waals surface area contributed by atoms with E-state index in [1.807, 2.05) is 0 Å². The van der Waals surface area contributed by atoms with E-state index in [4.69, 9.17) is 4.42 Å². The number of rotatable bonds is 3. The maximum atomic E-state index is 5.57. The molecule has 0 saturated heterocycles. The molecule has 0 fully saturated rings.